The second kappa shape index (κ2) is 12.9. The highest BCUT2D eigenvalue weighted by Crippen LogP contribution is 2.67. The first-order valence-electron chi connectivity index (χ1n) is 16.7. The summed E-state index contributed by atoms with van der Waals surface area (Å²) >= 11 is 0. The minimum absolute atomic E-state index is 0.0837. The standard InChI is InChI=1S/C34H54O11/c1-15(16(2)31(43)45-32-30(42)29(41)28(40)25(14-35)44-32)10-23(37)17(3)21-8-9-22-20-7-6-18-11-19(36)12-26(39)34(18,5)27(20)24(38)13-33(21,22)4/h6,17,19-30,32,35-42H,7-14H2,1-5H3/b16-15+/t17-,19+,20-,21+,22-,23+,24-,25+,26-,27+,28+,29-,30+,32-,33+,34+/m0/s1. The van der Waals surface area contributed by atoms with Crippen molar-refractivity contribution in [3.63, 3.8) is 0 Å². The number of esters is 1. The van der Waals surface area contributed by atoms with Gasteiger partial charge in [-0.05, 0) is 87.4 Å². The van der Waals surface area contributed by atoms with Crippen LogP contribution in [0, 0.1) is 40.4 Å². The van der Waals surface area contributed by atoms with Gasteiger partial charge in [-0.25, -0.2) is 4.79 Å². The average molecular weight is 639 g/mol. The highest BCUT2D eigenvalue weighted by Gasteiger charge is 2.64. The molecule has 11 heteroatoms. The second-order valence-corrected chi connectivity index (χ2v) is 15.3. The molecule has 0 aromatic rings. The van der Waals surface area contributed by atoms with Crippen LogP contribution in [-0.4, -0.2) is 109 Å². The van der Waals surface area contributed by atoms with Crippen molar-refractivity contribution in [1.82, 2.24) is 0 Å². The summed E-state index contributed by atoms with van der Waals surface area (Å²) in [4.78, 5) is 12.9. The number of rotatable bonds is 7. The highest BCUT2D eigenvalue weighted by atomic mass is 16.7. The Balaban J connectivity index is 1.27. The maximum absolute atomic E-state index is 12.9. The number of aliphatic hydroxyl groups excluding tert-OH is 8. The normalized spacial score (nSPS) is 48.2. The molecular weight excluding hydrogens is 584 g/mol. The number of ether oxygens (including phenoxy) is 2. The van der Waals surface area contributed by atoms with Gasteiger partial charge in [-0.2, -0.15) is 0 Å². The molecule has 1 heterocycles. The lowest BCUT2D eigenvalue weighted by Gasteiger charge is -2.61. The van der Waals surface area contributed by atoms with E-state index in [2.05, 4.69) is 19.9 Å². The third-order valence-electron chi connectivity index (χ3n) is 13.0. The van der Waals surface area contributed by atoms with E-state index in [9.17, 15) is 45.6 Å². The third kappa shape index (κ3) is 5.84. The number of allylic oxidation sites excluding steroid dienone is 1. The molecular formula is C34H54O11. The second-order valence-electron chi connectivity index (χ2n) is 15.3. The van der Waals surface area contributed by atoms with Crippen LogP contribution in [0.15, 0.2) is 22.8 Å². The van der Waals surface area contributed by atoms with E-state index in [1.807, 2.05) is 6.92 Å². The van der Waals surface area contributed by atoms with E-state index < -0.39 is 73.1 Å². The molecule has 0 aromatic heterocycles. The maximum atomic E-state index is 12.9. The van der Waals surface area contributed by atoms with Crippen LogP contribution in [0.3, 0.4) is 0 Å². The van der Waals surface area contributed by atoms with Crippen LogP contribution in [0.1, 0.15) is 79.6 Å². The van der Waals surface area contributed by atoms with Crippen LogP contribution in [0.25, 0.3) is 0 Å². The zero-order chi connectivity index (χ0) is 33.2. The van der Waals surface area contributed by atoms with Crippen LogP contribution in [0.2, 0.25) is 0 Å². The van der Waals surface area contributed by atoms with E-state index in [1.54, 1.807) is 13.8 Å². The van der Waals surface area contributed by atoms with E-state index in [0.717, 1.165) is 24.8 Å². The number of fused-ring (bicyclic) bond motifs is 5. The van der Waals surface area contributed by atoms with Gasteiger partial charge in [0.1, 0.15) is 24.4 Å². The third-order valence-corrected chi connectivity index (χ3v) is 13.0. The van der Waals surface area contributed by atoms with E-state index in [4.69, 9.17) is 9.47 Å². The molecule has 11 nitrogen and oxygen atoms in total. The lowest BCUT2D eigenvalue weighted by molar-refractivity contribution is -0.291. The predicted octanol–water partition coefficient (Wildman–Crippen LogP) is 0.935. The summed E-state index contributed by atoms with van der Waals surface area (Å²) in [6.07, 6.45) is -3.80. The van der Waals surface area contributed by atoms with E-state index in [1.165, 1.54) is 0 Å². The topological polar surface area (TPSA) is 197 Å². The monoisotopic (exact) mass is 638 g/mol. The minimum Gasteiger partial charge on any atom is -0.429 e. The van der Waals surface area contributed by atoms with E-state index in [-0.39, 0.29) is 41.1 Å². The van der Waals surface area contributed by atoms with Gasteiger partial charge in [0.2, 0.25) is 6.29 Å². The van der Waals surface area contributed by atoms with Crippen molar-refractivity contribution in [2.45, 2.75) is 135 Å². The highest BCUT2D eigenvalue weighted by molar-refractivity contribution is 5.88. The Labute approximate surface area is 265 Å². The number of hydrogen-bond donors (Lipinski definition) is 8. The number of aliphatic hydroxyl groups is 8. The number of hydrogen-bond acceptors (Lipinski definition) is 11. The number of carbonyl (C=O) groups is 1. The Morgan fingerprint density at radius 2 is 1.76 bits per heavy atom. The fraction of sp³-hybridized carbons (Fsp3) is 0.853. The first-order chi connectivity index (χ1) is 21.1. The molecule has 8 N–H and O–H groups in total. The van der Waals surface area contributed by atoms with Gasteiger partial charge < -0.3 is 50.3 Å². The molecule has 5 rings (SSSR count). The SMILES string of the molecule is C/C(C[C@@H](O)[C@@H](C)[C@H]1CC[C@H]2[C@@H]3CC=C4C[C@@H](O)C[C@H](O)[C@]4(C)[C@H]3[C@@H](O)C[C@]12C)=C(/C)C(=O)O[C@@H]1O[C@H](CO)[C@@H](O)[C@H](O)[C@H]1O. The summed E-state index contributed by atoms with van der Waals surface area (Å²) < 4.78 is 10.6. The first-order valence-corrected chi connectivity index (χ1v) is 16.7. The van der Waals surface area contributed by atoms with Gasteiger partial charge in [0, 0.05) is 17.4 Å². The van der Waals surface area contributed by atoms with E-state index >= 15 is 0 Å². The fourth-order valence-corrected chi connectivity index (χ4v) is 10.2. The van der Waals surface area contributed by atoms with Gasteiger partial charge in [-0.3, -0.25) is 0 Å². The zero-order valence-corrected chi connectivity index (χ0v) is 27.1. The Kier molecular flexibility index (Phi) is 10.0. The quantitative estimate of drug-likeness (QED) is 0.112. The van der Waals surface area contributed by atoms with Gasteiger partial charge in [0.05, 0.1) is 31.0 Å². The Hall–Kier alpha value is -1.41. The molecule has 16 atom stereocenters. The van der Waals surface area contributed by atoms with Gasteiger partial charge in [-0.15, -0.1) is 0 Å². The summed E-state index contributed by atoms with van der Waals surface area (Å²) in [6, 6.07) is 0. The molecule has 5 aliphatic rings. The van der Waals surface area contributed by atoms with Gasteiger partial charge in [0.15, 0.2) is 0 Å². The van der Waals surface area contributed by atoms with Crippen molar-refractivity contribution in [2.75, 3.05) is 6.61 Å². The van der Waals surface area contributed by atoms with Crippen molar-refractivity contribution >= 4 is 5.97 Å². The molecule has 0 radical (unpaired) electrons. The van der Waals surface area contributed by atoms with Crippen LogP contribution in [-0.2, 0) is 14.3 Å². The van der Waals surface area contributed by atoms with Gasteiger partial charge in [-0.1, -0.05) is 38.0 Å². The van der Waals surface area contributed by atoms with Crippen molar-refractivity contribution in [3.8, 4) is 0 Å². The Bertz CT molecular complexity index is 1170. The molecule has 4 aliphatic carbocycles. The van der Waals surface area contributed by atoms with Crippen molar-refractivity contribution in [3.05, 3.63) is 22.8 Å². The molecule has 0 unspecified atom stereocenters. The average Bonchev–Trinajstić information content (AvgIpc) is 3.33. The molecule has 3 saturated carbocycles. The summed E-state index contributed by atoms with van der Waals surface area (Å²) in [7, 11) is 0. The summed E-state index contributed by atoms with van der Waals surface area (Å²) in [5, 5.41) is 84.4. The molecule has 1 aliphatic heterocycles. The van der Waals surface area contributed by atoms with Crippen molar-refractivity contribution in [2.24, 2.45) is 40.4 Å². The Morgan fingerprint density at radius 1 is 1.07 bits per heavy atom. The summed E-state index contributed by atoms with van der Waals surface area (Å²) in [5.41, 5.74) is 1.11. The molecule has 1 saturated heterocycles. The largest absolute Gasteiger partial charge is 0.429 e. The first kappa shape index (κ1) is 34.9. The summed E-state index contributed by atoms with van der Waals surface area (Å²) in [6.45, 7) is 8.98. The molecule has 45 heavy (non-hydrogen) atoms. The Morgan fingerprint density at radius 3 is 2.42 bits per heavy atom. The van der Waals surface area contributed by atoms with Crippen LogP contribution in [0.4, 0.5) is 0 Å². The molecule has 4 fully saturated rings. The smallest absolute Gasteiger partial charge is 0.336 e. The van der Waals surface area contributed by atoms with Crippen LogP contribution in [0.5, 0.6) is 0 Å². The van der Waals surface area contributed by atoms with Crippen LogP contribution < -0.4 is 0 Å². The van der Waals surface area contributed by atoms with Crippen molar-refractivity contribution < 1.29 is 55.1 Å². The van der Waals surface area contributed by atoms with Crippen molar-refractivity contribution in [1.29, 1.82) is 0 Å². The molecule has 0 spiro atoms. The lowest BCUT2D eigenvalue weighted by atomic mass is 9.45. The molecule has 0 aromatic carbocycles. The lowest BCUT2D eigenvalue weighted by Crippen LogP contribution is -2.60. The molecule has 0 bridgehead atoms. The van der Waals surface area contributed by atoms with E-state index in [0.29, 0.717) is 30.8 Å². The maximum Gasteiger partial charge on any atom is 0.336 e. The molecule has 256 valence electrons. The summed E-state index contributed by atoms with van der Waals surface area (Å²) in [5.74, 6) is -0.354. The predicted molar refractivity (Wildman–Crippen MR) is 162 cm³/mol. The zero-order valence-electron chi connectivity index (χ0n) is 27.1. The molecule has 0 amide bonds. The minimum atomic E-state index is -1.70. The van der Waals surface area contributed by atoms with Gasteiger partial charge >= 0.3 is 5.97 Å². The van der Waals surface area contributed by atoms with Gasteiger partial charge in [0.25, 0.3) is 0 Å². The van der Waals surface area contributed by atoms with Crippen LogP contribution >= 0.6 is 0 Å². The fourth-order valence-electron chi connectivity index (χ4n) is 10.2. The number of carbonyl (C=O) groups excluding carboxylic acids is 1.